The van der Waals surface area contributed by atoms with Gasteiger partial charge in [-0.15, -0.1) is 0 Å². The number of carbonyl (C=O) groups excluding carboxylic acids is 1. The maximum absolute atomic E-state index is 12.3. The molecule has 1 amide bonds. The molecule has 1 aliphatic heterocycles. The molecule has 4 rings (SSSR count). The zero-order chi connectivity index (χ0) is 20.4. The van der Waals surface area contributed by atoms with Crippen LogP contribution in [0, 0.1) is 20.8 Å². The number of carbonyl (C=O) groups is 1. The summed E-state index contributed by atoms with van der Waals surface area (Å²) in [5.41, 5.74) is 7.09. The number of rotatable bonds is 5. The summed E-state index contributed by atoms with van der Waals surface area (Å²) >= 11 is 0. The van der Waals surface area contributed by atoms with Crippen LogP contribution in [0.15, 0.2) is 48.7 Å². The number of nitrogens with one attached hydrogen (secondary N) is 1. The highest BCUT2D eigenvalue weighted by molar-refractivity contribution is 5.78. The van der Waals surface area contributed by atoms with Gasteiger partial charge in [0.2, 0.25) is 5.91 Å². The first-order chi connectivity index (χ1) is 14.0. The van der Waals surface area contributed by atoms with Gasteiger partial charge in [-0.1, -0.05) is 29.8 Å². The molecule has 1 aromatic heterocycles. The molecule has 2 heterocycles. The molecule has 29 heavy (non-hydrogen) atoms. The van der Waals surface area contributed by atoms with Crippen LogP contribution in [0.1, 0.15) is 28.1 Å². The lowest BCUT2D eigenvalue weighted by Crippen LogP contribution is -2.35. The summed E-state index contributed by atoms with van der Waals surface area (Å²) in [5, 5.41) is 3.00. The number of hydrogen-bond acceptors (Lipinski definition) is 4. The first-order valence-corrected chi connectivity index (χ1v) is 9.90. The van der Waals surface area contributed by atoms with E-state index in [1.165, 1.54) is 0 Å². The van der Waals surface area contributed by atoms with Crippen molar-refractivity contribution in [3.05, 3.63) is 76.7 Å². The maximum atomic E-state index is 12.3. The lowest BCUT2D eigenvalue weighted by atomic mass is 10.0. The summed E-state index contributed by atoms with van der Waals surface area (Å²) in [5.74, 6) is 0.895. The van der Waals surface area contributed by atoms with Gasteiger partial charge in [0.05, 0.1) is 30.0 Å². The van der Waals surface area contributed by atoms with Crippen LogP contribution in [0.5, 0.6) is 5.75 Å². The molecule has 0 bridgehead atoms. The van der Waals surface area contributed by atoms with Gasteiger partial charge in [-0.2, -0.15) is 0 Å². The third-order valence-electron chi connectivity index (χ3n) is 5.13. The minimum atomic E-state index is -0.0496. The fraction of sp³-hybridized carbons (Fsp3) is 0.292. The maximum Gasteiger partial charge on any atom is 0.224 e. The van der Waals surface area contributed by atoms with Gasteiger partial charge in [-0.3, -0.25) is 9.78 Å². The predicted octanol–water partition coefficient (Wildman–Crippen LogP) is 3.73. The van der Waals surface area contributed by atoms with Crippen molar-refractivity contribution in [2.45, 2.75) is 39.7 Å². The molecule has 0 aliphatic carbocycles. The van der Waals surface area contributed by atoms with E-state index in [2.05, 4.69) is 21.4 Å². The van der Waals surface area contributed by atoms with Crippen LogP contribution >= 0.6 is 0 Å². The predicted molar refractivity (Wildman–Crippen MR) is 113 cm³/mol. The summed E-state index contributed by atoms with van der Waals surface area (Å²) in [6, 6.07) is 14.2. The molecule has 0 spiro atoms. The van der Waals surface area contributed by atoms with Crippen LogP contribution in [0.25, 0.3) is 11.3 Å². The molecule has 148 valence electrons. The van der Waals surface area contributed by atoms with E-state index >= 15 is 0 Å². The van der Waals surface area contributed by atoms with Gasteiger partial charge >= 0.3 is 0 Å². The van der Waals surface area contributed by atoms with Crippen LogP contribution in [0.4, 0.5) is 0 Å². The molecule has 3 aromatic rings. The first-order valence-electron chi connectivity index (χ1n) is 9.90. The van der Waals surface area contributed by atoms with Gasteiger partial charge in [-0.25, -0.2) is 4.98 Å². The largest absolute Gasteiger partial charge is 0.488 e. The Labute approximate surface area is 171 Å². The Morgan fingerprint density at radius 1 is 1.17 bits per heavy atom. The van der Waals surface area contributed by atoms with E-state index in [-0.39, 0.29) is 12.0 Å². The summed E-state index contributed by atoms with van der Waals surface area (Å²) in [6.45, 7) is 6.45. The molecule has 0 saturated heterocycles. The fourth-order valence-electron chi connectivity index (χ4n) is 3.69. The van der Waals surface area contributed by atoms with Gasteiger partial charge in [0, 0.05) is 18.2 Å². The van der Waals surface area contributed by atoms with Crippen LogP contribution in [-0.4, -0.2) is 28.5 Å². The second-order valence-electron chi connectivity index (χ2n) is 7.68. The SMILES string of the molecule is Cc1cccc(CC(=O)NCC2Cc3cc(-c4nc(C)cnc4C)ccc3O2)c1. The van der Waals surface area contributed by atoms with E-state index in [0.29, 0.717) is 13.0 Å². The minimum Gasteiger partial charge on any atom is -0.488 e. The Kier molecular flexibility index (Phi) is 5.30. The summed E-state index contributed by atoms with van der Waals surface area (Å²) < 4.78 is 6.02. The Hall–Kier alpha value is -3.21. The number of nitrogens with zero attached hydrogens (tertiary/aromatic N) is 2. The van der Waals surface area contributed by atoms with Crippen molar-refractivity contribution in [3.63, 3.8) is 0 Å². The number of fused-ring (bicyclic) bond motifs is 1. The highest BCUT2D eigenvalue weighted by Crippen LogP contribution is 2.33. The van der Waals surface area contributed by atoms with Crippen molar-refractivity contribution in [2.24, 2.45) is 0 Å². The zero-order valence-electron chi connectivity index (χ0n) is 17.0. The van der Waals surface area contributed by atoms with Crippen molar-refractivity contribution >= 4 is 5.91 Å². The Morgan fingerprint density at radius 3 is 2.86 bits per heavy atom. The quantitative estimate of drug-likeness (QED) is 0.725. The van der Waals surface area contributed by atoms with Gasteiger partial charge in [0.1, 0.15) is 11.9 Å². The molecule has 1 aliphatic rings. The molecular formula is C24H25N3O2. The molecule has 0 fully saturated rings. The van der Waals surface area contributed by atoms with E-state index in [1.54, 1.807) is 6.20 Å². The normalized spacial score (nSPS) is 14.9. The molecule has 1 unspecified atom stereocenters. The molecule has 1 atom stereocenters. The lowest BCUT2D eigenvalue weighted by Gasteiger charge is -2.12. The van der Waals surface area contributed by atoms with Crippen molar-refractivity contribution < 1.29 is 9.53 Å². The van der Waals surface area contributed by atoms with Crippen molar-refractivity contribution in [3.8, 4) is 17.0 Å². The number of hydrogen-bond donors (Lipinski definition) is 1. The van der Waals surface area contributed by atoms with E-state index in [9.17, 15) is 4.79 Å². The molecule has 2 aromatic carbocycles. The van der Waals surface area contributed by atoms with Crippen molar-refractivity contribution in [1.29, 1.82) is 0 Å². The number of aromatic nitrogens is 2. The van der Waals surface area contributed by atoms with E-state index in [1.807, 2.05) is 57.2 Å². The first kappa shape index (κ1) is 19.1. The van der Waals surface area contributed by atoms with Gasteiger partial charge in [-0.05, 0) is 50.1 Å². The van der Waals surface area contributed by atoms with Crippen LogP contribution < -0.4 is 10.1 Å². The zero-order valence-corrected chi connectivity index (χ0v) is 17.0. The third kappa shape index (κ3) is 4.45. The number of benzene rings is 2. The smallest absolute Gasteiger partial charge is 0.224 e. The van der Waals surface area contributed by atoms with Crippen molar-refractivity contribution in [1.82, 2.24) is 15.3 Å². The Morgan fingerprint density at radius 2 is 2.03 bits per heavy atom. The van der Waals surface area contributed by atoms with Crippen LogP contribution in [-0.2, 0) is 17.6 Å². The standard InChI is InChI=1S/C24H25N3O2/c1-15-5-4-6-18(9-15)10-23(28)26-14-21-12-20-11-19(7-8-22(20)29-21)24-17(3)25-13-16(2)27-24/h4-9,11,13,21H,10,12,14H2,1-3H3,(H,26,28). The molecule has 5 nitrogen and oxygen atoms in total. The highest BCUT2D eigenvalue weighted by Gasteiger charge is 2.24. The lowest BCUT2D eigenvalue weighted by molar-refractivity contribution is -0.120. The van der Waals surface area contributed by atoms with Gasteiger partial charge in [0.25, 0.3) is 0 Å². The fourth-order valence-corrected chi connectivity index (χ4v) is 3.69. The van der Waals surface area contributed by atoms with Crippen LogP contribution in [0.2, 0.25) is 0 Å². The second kappa shape index (κ2) is 8.03. The van der Waals surface area contributed by atoms with E-state index in [4.69, 9.17) is 4.74 Å². The highest BCUT2D eigenvalue weighted by atomic mass is 16.5. The Balaban J connectivity index is 1.38. The van der Waals surface area contributed by atoms with E-state index < -0.39 is 0 Å². The van der Waals surface area contributed by atoms with Gasteiger partial charge in [0.15, 0.2) is 0 Å². The van der Waals surface area contributed by atoms with Crippen LogP contribution in [0.3, 0.4) is 0 Å². The summed E-state index contributed by atoms with van der Waals surface area (Å²) in [6.07, 6.45) is 2.89. The number of aryl methyl sites for hydroxylation is 3. The summed E-state index contributed by atoms with van der Waals surface area (Å²) in [7, 11) is 0. The summed E-state index contributed by atoms with van der Waals surface area (Å²) in [4.78, 5) is 21.3. The number of amides is 1. The minimum absolute atomic E-state index is 0.0153. The average Bonchev–Trinajstić information content (AvgIpc) is 3.10. The molecular weight excluding hydrogens is 362 g/mol. The Bertz CT molecular complexity index is 1060. The molecule has 0 saturated carbocycles. The molecule has 0 radical (unpaired) electrons. The number of ether oxygens (including phenoxy) is 1. The van der Waals surface area contributed by atoms with E-state index in [0.717, 1.165) is 51.5 Å². The topological polar surface area (TPSA) is 64.1 Å². The second-order valence-corrected chi connectivity index (χ2v) is 7.68. The average molecular weight is 387 g/mol. The molecule has 1 N–H and O–H groups in total. The monoisotopic (exact) mass is 387 g/mol. The van der Waals surface area contributed by atoms with Gasteiger partial charge < -0.3 is 10.1 Å². The van der Waals surface area contributed by atoms with Crippen molar-refractivity contribution in [2.75, 3.05) is 6.54 Å². The molecule has 5 heteroatoms. The third-order valence-corrected chi connectivity index (χ3v) is 5.13.